The van der Waals surface area contributed by atoms with Crippen molar-refractivity contribution in [1.29, 1.82) is 0 Å². The Morgan fingerprint density at radius 2 is 1.74 bits per heavy atom. The molecule has 0 unspecified atom stereocenters. The Bertz CT molecular complexity index is 2160. The molecule has 2 aromatic heterocycles. The average Bonchev–Trinajstić information content (AvgIpc) is 3.50. The summed E-state index contributed by atoms with van der Waals surface area (Å²) >= 11 is 0. The van der Waals surface area contributed by atoms with Crippen molar-refractivity contribution in [3.63, 3.8) is 0 Å². The summed E-state index contributed by atoms with van der Waals surface area (Å²) in [6.07, 6.45) is 3.44. The largest absolute Gasteiger partial charge is 0.464 e. The molecule has 4 atom stereocenters. The Morgan fingerprint density at radius 1 is 1.03 bits per heavy atom. The number of benzene rings is 2. The van der Waals surface area contributed by atoms with Crippen LogP contribution in [-0.4, -0.2) is 88.6 Å². The molecule has 12 nitrogen and oxygen atoms in total. The summed E-state index contributed by atoms with van der Waals surface area (Å²) in [4.78, 5) is 60.7. The number of carbonyl (C=O) groups excluding carboxylic acids is 4. The molecule has 0 aliphatic carbocycles. The molecule has 0 radical (unpaired) electrons. The van der Waals surface area contributed by atoms with Crippen LogP contribution in [0.15, 0.2) is 60.8 Å². The summed E-state index contributed by atoms with van der Waals surface area (Å²) in [6, 6.07) is 16.2. The minimum Gasteiger partial charge on any atom is -0.464 e. The van der Waals surface area contributed by atoms with Crippen LogP contribution in [0, 0.1) is 11.3 Å². The predicted octanol–water partition coefficient (Wildman–Crippen LogP) is 6.70. The third-order valence-corrected chi connectivity index (χ3v) is 11.4. The number of aromatic nitrogens is 2. The van der Waals surface area contributed by atoms with E-state index in [9.17, 15) is 19.2 Å². The number of methoxy groups -OCH3 is 1. The number of nitrogens with one attached hydrogen (secondary N) is 2. The van der Waals surface area contributed by atoms with E-state index in [1.807, 2.05) is 39.0 Å². The summed E-state index contributed by atoms with van der Waals surface area (Å²) in [5.41, 5.74) is 10.6. The summed E-state index contributed by atoms with van der Waals surface area (Å²) in [7, 11) is 3.29. The van der Waals surface area contributed by atoms with Gasteiger partial charge in [0.25, 0.3) is 5.91 Å². The first kappa shape index (κ1) is 53.5. The van der Waals surface area contributed by atoms with E-state index < -0.39 is 35.4 Å². The van der Waals surface area contributed by atoms with Gasteiger partial charge in [-0.1, -0.05) is 58.0 Å². The highest BCUT2D eigenvalue weighted by atomic mass is 32.1. The van der Waals surface area contributed by atoms with Crippen LogP contribution in [0.2, 0.25) is 0 Å². The maximum atomic E-state index is 14.4. The Kier molecular flexibility index (Phi) is 19.8. The van der Waals surface area contributed by atoms with Crippen molar-refractivity contribution in [3.8, 4) is 22.4 Å². The quantitative estimate of drug-likeness (QED) is 0.187. The van der Waals surface area contributed by atoms with E-state index in [1.54, 1.807) is 20.4 Å². The van der Waals surface area contributed by atoms with Crippen LogP contribution in [0.25, 0.3) is 33.3 Å². The molecule has 2 aliphatic heterocycles. The number of nitrogens with zero attached hydrogens (tertiary/aromatic N) is 4. The number of hydrazine groups is 1. The van der Waals surface area contributed by atoms with E-state index in [1.165, 1.54) is 16.8 Å². The minimum absolute atomic E-state index is 0. The van der Waals surface area contributed by atoms with Gasteiger partial charge in [0, 0.05) is 68.7 Å². The van der Waals surface area contributed by atoms with Crippen molar-refractivity contribution in [2.24, 2.45) is 11.3 Å². The molecular formula is C45H66N6O6S4. The van der Waals surface area contributed by atoms with Gasteiger partial charge in [-0.2, -0.15) is 54.0 Å². The summed E-state index contributed by atoms with van der Waals surface area (Å²) in [6.45, 7) is 14.8. The third-order valence-electron chi connectivity index (χ3n) is 11.4. The fraction of sp³-hybridized carbons (Fsp3) is 0.489. The van der Waals surface area contributed by atoms with Gasteiger partial charge in [0.05, 0.1) is 24.1 Å². The van der Waals surface area contributed by atoms with Crippen LogP contribution >= 0.6 is 54.0 Å². The van der Waals surface area contributed by atoms with Crippen molar-refractivity contribution in [2.75, 3.05) is 27.3 Å². The van der Waals surface area contributed by atoms with Crippen LogP contribution in [0.3, 0.4) is 0 Å². The zero-order chi connectivity index (χ0) is 41.2. The fourth-order valence-electron chi connectivity index (χ4n) is 8.36. The number of pyridine rings is 1. The van der Waals surface area contributed by atoms with Crippen LogP contribution in [0.4, 0.5) is 0 Å². The lowest BCUT2D eigenvalue weighted by Gasteiger charge is -2.36. The number of hydrogen-bond acceptors (Lipinski definition) is 8. The van der Waals surface area contributed by atoms with E-state index in [0.717, 1.165) is 56.7 Å². The Hall–Kier alpha value is -3.67. The number of ether oxygens (including phenoxy) is 2. The first-order chi connectivity index (χ1) is 27.1. The van der Waals surface area contributed by atoms with Crippen molar-refractivity contribution < 1.29 is 28.7 Å². The van der Waals surface area contributed by atoms with Gasteiger partial charge in [0.2, 0.25) is 11.8 Å². The van der Waals surface area contributed by atoms with E-state index >= 15 is 0 Å². The monoisotopic (exact) mass is 914 g/mol. The Morgan fingerprint density at radius 3 is 2.39 bits per heavy atom. The van der Waals surface area contributed by atoms with Crippen LogP contribution in [-0.2, 0) is 48.0 Å². The van der Waals surface area contributed by atoms with E-state index in [0.29, 0.717) is 25.8 Å². The lowest BCUT2D eigenvalue weighted by Crippen LogP contribution is -2.62. The number of carbonyl (C=O) groups is 4. The number of likely N-dealkylation sites (N-methyl/N-ethyl adjacent to an activating group) is 1. The molecule has 4 aromatic rings. The van der Waals surface area contributed by atoms with Gasteiger partial charge >= 0.3 is 5.97 Å². The predicted molar refractivity (Wildman–Crippen MR) is 262 cm³/mol. The number of hydrogen-bond donors (Lipinski definition) is 2. The SMILES string of the molecule is CCn1c(-c2cccnc2[C@H](C)OC)c2c3cc(ccc31)-c1cccc(c1)C[C@H](NC(=O)[C@H](C(C)C)N(C)C(C)=O)C(=O)N1CCC[C@H](N1)C(=O)OCC(C)(C)C2.S.S.S.S. The molecular weight excluding hydrogens is 849 g/mol. The highest BCUT2D eigenvalue weighted by Gasteiger charge is 2.37. The molecule has 2 aliphatic rings. The van der Waals surface area contributed by atoms with Crippen molar-refractivity contribution >= 4 is 88.6 Å². The highest BCUT2D eigenvalue weighted by Crippen LogP contribution is 2.42. The van der Waals surface area contributed by atoms with Crippen molar-refractivity contribution in [1.82, 2.24) is 30.2 Å². The summed E-state index contributed by atoms with van der Waals surface area (Å²) in [5, 5.41) is 5.55. The summed E-state index contributed by atoms with van der Waals surface area (Å²) < 4.78 is 14.2. The van der Waals surface area contributed by atoms with Gasteiger partial charge in [-0.15, -0.1) is 0 Å². The first-order valence-electron chi connectivity index (χ1n) is 20.1. The molecule has 0 spiro atoms. The van der Waals surface area contributed by atoms with Gasteiger partial charge in [0.1, 0.15) is 18.1 Å². The molecule has 16 heteroatoms. The second-order valence-corrected chi connectivity index (χ2v) is 16.7. The van der Waals surface area contributed by atoms with Crippen LogP contribution in [0.1, 0.15) is 84.2 Å². The zero-order valence-electron chi connectivity index (χ0n) is 36.8. The van der Waals surface area contributed by atoms with Crippen molar-refractivity contribution in [2.45, 2.75) is 105 Å². The normalized spacial score (nSPS) is 18.5. The van der Waals surface area contributed by atoms with Gasteiger partial charge in [0.15, 0.2) is 0 Å². The van der Waals surface area contributed by atoms with Gasteiger partial charge in [-0.05, 0) is 85.5 Å². The van der Waals surface area contributed by atoms with Crippen molar-refractivity contribution in [3.05, 3.63) is 77.6 Å². The maximum absolute atomic E-state index is 14.4. The minimum atomic E-state index is -0.979. The van der Waals surface area contributed by atoms with Gasteiger partial charge < -0.3 is 24.3 Å². The molecule has 4 heterocycles. The van der Waals surface area contributed by atoms with E-state index in [4.69, 9.17) is 14.5 Å². The highest BCUT2D eigenvalue weighted by molar-refractivity contribution is 7.59. The van der Waals surface area contributed by atoms with Crippen LogP contribution in [0.5, 0.6) is 0 Å². The molecule has 61 heavy (non-hydrogen) atoms. The van der Waals surface area contributed by atoms with Gasteiger partial charge in [-0.3, -0.25) is 29.2 Å². The topological polar surface area (TPSA) is 135 Å². The Labute approximate surface area is 389 Å². The Balaban J connectivity index is 0.00000320. The van der Waals surface area contributed by atoms with E-state index in [2.05, 4.69) is 72.5 Å². The molecule has 6 bridgehead atoms. The molecule has 336 valence electrons. The number of fused-ring (bicyclic) bond motifs is 6. The molecule has 2 aromatic carbocycles. The molecule has 1 fully saturated rings. The second kappa shape index (κ2) is 22.6. The molecule has 6 rings (SSSR count). The first-order valence-corrected chi connectivity index (χ1v) is 20.1. The zero-order valence-corrected chi connectivity index (χ0v) is 40.8. The lowest BCUT2D eigenvalue weighted by molar-refractivity contribution is -0.155. The van der Waals surface area contributed by atoms with E-state index in [-0.39, 0.29) is 90.8 Å². The van der Waals surface area contributed by atoms with Crippen LogP contribution < -0.4 is 10.7 Å². The smallest absolute Gasteiger partial charge is 0.324 e. The number of esters is 1. The number of amides is 3. The lowest BCUT2D eigenvalue weighted by atomic mass is 9.84. The number of cyclic esters (lactones) is 1. The maximum Gasteiger partial charge on any atom is 0.324 e. The average molecular weight is 915 g/mol. The second-order valence-electron chi connectivity index (χ2n) is 16.7. The summed E-state index contributed by atoms with van der Waals surface area (Å²) in [5.74, 6) is -1.66. The standard InChI is InChI=1S/C45H58N6O6.4H2S/c1-10-50-38-19-18-32-24-34(38)35(41(50)33-16-12-20-46-39(33)28(4)56-9)25-45(6,7)26-57-44(55)36-17-13-21-51(48-36)43(54)37(23-30-14-11-15-31(32)22-30)47-42(53)40(27(2)3)49(8)29(5)52;;;;/h11-12,14-16,18-20,22,24,27-28,36-37,40,48H,10,13,17,21,23,25-26H2,1-9H3,(H,47,53);4*1H2/t28-,36-,37-,40-;;;;/m0..../s1. The molecule has 2 N–H and O–H groups in total. The third kappa shape index (κ3) is 11.7. The number of rotatable bonds is 8. The fourth-order valence-corrected chi connectivity index (χ4v) is 8.36. The van der Waals surface area contributed by atoms with Gasteiger partial charge in [-0.25, -0.2) is 5.43 Å². The molecule has 0 saturated carbocycles. The molecule has 3 amide bonds. The number of aryl methyl sites for hydroxylation is 1. The molecule has 1 saturated heterocycles.